The van der Waals surface area contributed by atoms with Crippen molar-refractivity contribution in [1.29, 1.82) is 0 Å². The van der Waals surface area contributed by atoms with E-state index in [0.29, 0.717) is 28.0 Å². The molecule has 0 N–H and O–H groups in total. The van der Waals surface area contributed by atoms with E-state index in [1.165, 1.54) is 0 Å². The van der Waals surface area contributed by atoms with Crippen LogP contribution >= 0.6 is 15.9 Å². The van der Waals surface area contributed by atoms with Gasteiger partial charge in [0, 0.05) is 11.1 Å². The van der Waals surface area contributed by atoms with Crippen LogP contribution in [0.3, 0.4) is 0 Å². The lowest BCUT2D eigenvalue weighted by Gasteiger charge is -2.10. The third-order valence-corrected chi connectivity index (χ3v) is 4.17. The lowest BCUT2D eigenvalue weighted by molar-refractivity contribution is 0.103. The maximum atomic E-state index is 12.6. The van der Waals surface area contributed by atoms with Crippen molar-refractivity contribution in [3.05, 3.63) is 63.6 Å². The van der Waals surface area contributed by atoms with Gasteiger partial charge in [0.2, 0.25) is 0 Å². The van der Waals surface area contributed by atoms with Gasteiger partial charge in [-0.25, -0.2) is 0 Å². The van der Waals surface area contributed by atoms with Gasteiger partial charge in [0.1, 0.15) is 18.5 Å². The summed E-state index contributed by atoms with van der Waals surface area (Å²) in [5, 5.41) is 0. The average molecular weight is 347 g/mol. The number of hydrogen-bond acceptors (Lipinski definition) is 3. The molecule has 1 aliphatic heterocycles. The number of halogens is 1. The molecule has 3 nitrogen and oxygen atoms in total. The van der Waals surface area contributed by atoms with E-state index in [0.717, 1.165) is 12.2 Å². The van der Waals surface area contributed by atoms with Crippen molar-refractivity contribution in [2.45, 2.75) is 13.0 Å². The first-order valence-electron chi connectivity index (χ1n) is 6.79. The molecule has 4 heteroatoms. The second-order valence-corrected chi connectivity index (χ2v) is 5.87. The number of aryl methyl sites for hydroxylation is 1. The Morgan fingerprint density at radius 2 is 2.00 bits per heavy atom. The van der Waals surface area contributed by atoms with Gasteiger partial charge in [-0.3, -0.25) is 4.79 Å². The molecule has 0 bridgehead atoms. The molecule has 1 aliphatic rings. The maximum Gasteiger partial charge on any atom is 0.194 e. The first-order valence-corrected chi connectivity index (χ1v) is 7.59. The van der Waals surface area contributed by atoms with Gasteiger partial charge in [-0.05, 0) is 35.0 Å². The highest BCUT2D eigenvalue weighted by Gasteiger charge is 2.24. The second-order valence-electron chi connectivity index (χ2n) is 5.08. The predicted octanol–water partition coefficient (Wildman–Crippen LogP) is 3.77. The number of benzene rings is 2. The molecule has 0 radical (unpaired) electrons. The number of ether oxygens (including phenoxy) is 2. The third kappa shape index (κ3) is 3.34. The van der Waals surface area contributed by atoms with Crippen molar-refractivity contribution >= 4 is 21.7 Å². The molecule has 1 fully saturated rings. The second kappa shape index (κ2) is 6.00. The van der Waals surface area contributed by atoms with Gasteiger partial charge in [-0.2, -0.15) is 0 Å². The molecule has 2 aromatic carbocycles. The zero-order valence-electron chi connectivity index (χ0n) is 11.6. The summed E-state index contributed by atoms with van der Waals surface area (Å²) in [6.45, 7) is 3.26. The summed E-state index contributed by atoms with van der Waals surface area (Å²) in [7, 11) is 0. The normalized spacial score (nSPS) is 16.6. The van der Waals surface area contributed by atoms with Crippen molar-refractivity contribution in [3.63, 3.8) is 0 Å². The van der Waals surface area contributed by atoms with Crippen LogP contribution in [0.1, 0.15) is 21.5 Å². The molecule has 0 amide bonds. The largest absolute Gasteiger partial charge is 0.490 e. The molecule has 0 saturated carbocycles. The van der Waals surface area contributed by atoms with Crippen molar-refractivity contribution in [2.24, 2.45) is 0 Å². The van der Waals surface area contributed by atoms with Gasteiger partial charge in [-0.1, -0.05) is 35.9 Å². The number of ketones is 1. The Balaban J connectivity index is 1.84. The van der Waals surface area contributed by atoms with Crippen LogP contribution in [0.4, 0.5) is 0 Å². The third-order valence-electron chi connectivity index (χ3n) is 3.35. The van der Waals surface area contributed by atoms with E-state index in [4.69, 9.17) is 9.47 Å². The van der Waals surface area contributed by atoms with E-state index in [2.05, 4.69) is 15.9 Å². The van der Waals surface area contributed by atoms with E-state index in [1.54, 1.807) is 6.07 Å². The minimum atomic E-state index is -0.0185. The molecule has 1 atom stereocenters. The van der Waals surface area contributed by atoms with E-state index in [-0.39, 0.29) is 11.9 Å². The first kappa shape index (κ1) is 14.3. The Kier molecular flexibility index (Phi) is 4.08. The molecule has 2 aromatic rings. The molecule has 0 spiro atoms. The quantitative estimate of drug-likeness (QED) is 0.611. The van der Waals surface area contributed by atoms with Gasteiger partial charge >= 0.3 is 0 Å². The summed E-state index contributed by atoms with van der Waals surface area (Å²) < 4.78 is 11.5. The zero-order valence-corrected chi connectivity index (χ0v) is 13.2. The standard InChI is InChI=1S/C17H15BrO3/c1-11-5-7-12(8-6-11)17(19)14-3-2-4-15(16(14)18)21-10-13-9-20-13/h2-8,13H,9-10H2,1H3. The first-order chi connectivity index (χ1) is 10.1. The highest BCUT2D eigenvalue weighted by Crippen LogP contribution is 2.31. The van der Waals surface area contributed by atoms with Gasteiger partial charge in [0.15, 0.2) is 5.78 Å². The predicted molar refractivity (Wildman–Crippen MR) is 84.0 cm³/mol. The van der Waals surface area contributed by atoms with Gasteiger partial charge < -0.3 is 9.47 Å². The van der Waals surface area contributed by atoms with Crippen LogP contribution in [0.5, 0.6) is 5.75 Å². The summed E-state index contributed by atoms with van der Waals surface area (Å²) in [6.07, 6.45) is 0.188. The van der Waals surface area contributed by atoms with Crippen molar-refractivity contribution in [2.75, 3.05) is 13.2 Å². The van der Waals surface area contributed by atoms with Gasteiger partial charge in [0.05, 0.1) is 11.1 Å². The molecule has 1 heterocycles. The van der Waals surface area contributed by atoms with Crippen LogP contribution < -0.4 is 4.74 Å². The Morgan fingerprint density at radius 1 is 1.29 bits per heavy atom. The maximum absolute atomic E-state index is 12.6. The summed E-state index contributed by atoms with van der Waals surface area (Å²) >= 11 is 3.48. The minimum absolute atomic E-state index is 0.0185. The Morgan fingerprint density at radius 3 is 2.67 bits per heavy atom. The molecular weight excluding hydrogens is 332 g/mol. The van der Waals surface area contributed by atoms with Crippen LogP contribution in [-0.4, -0.2) is 25.1 Å². The number of rotatable bonds is 5. The SMILES string of the molecule is Cc1ccc(C(=O)c2cccc(OCC3CO3)c2Br)cc1. The smallest absolute Gasteiger partial charge is 0.194 e. The number of carbonyl (C=O) groups is 1. The average Bonchev–Trinajstić information content (AvgIpc) is 3.30. The molecule has 1 unspecified atom stereocenters. The van der Waals surface area contributed by atoms with Gasteiger partial charge in [0.25, 0.3) is 0 Å². The van der Waals surface area contributed by atoms with E-state index < -0.39 is 0 Å². The lowest BCUT2D eigenvalue weighted by atomic mass is 10.0. The zero-order chi connectivity index (χ0) is 14.8. The molecule has 0 aliphatic carbocycles. The van der Waals surface area contributed by atoms with Crippen LogP contribution in [-0.2, 0) is 4.74 Å². The fraction of sp³-hybridized carbons (Fsp3) is 0.235. The molecule has 21 heavy (non-hydrogen) atoms. The van der Waals surface area contributed by atoms with Crippen LogP contribution in [0, 0.1) is 6.92 Å². The van der Waals surface area contributed by atoms with E-state index in [1.807, 2.05) is 43.3 Å². The highest BCUT2D eigenvalue weighted by atomic mass is 79.9. The number of carbonyl (C=O) groups excluding carboxylic acids is 1. The molecule has 1 saturated heterocycles. The summed E-state index contributed by atoms with van der Waals surface area (Å²) in [6, 6.07) is 13.0. The molecule has 3 rings (SSSR count). The van der Waals surface area contributed by atoms with Gasteiger partial charge in [-0.15, -0.1) is 0 Å². The highest BCUT2D eigenvalue weighted by molar-refractivity contribution is 9.10. The monoisotopic (exact) mass is 346 g/mol. The van der Waals surface area contributed by atoms with E-state index >= 15 is 0 Å². The van der Waals surface area contributed by atoms with Crippen molar-refractivity contribution < 1.29 is 14.3 Å². The topological polar surface area (TPSA) is 38.8 Å². The molecule has 0 aromatic heterocycles. The van der Waals surface area contributed by atoms with Crippen molar-refractivity contribution in [3.8, 4) is 5.75 Å². The summed E-state index contributed by atoms with van der Waals surface area (Å²) in [4.78, 5) is 12.6. The van der Waals surface area contributed by atoms with Crippen LogP contribution in [0.15, 0.2) is 46.9 Å². The van der Waals surface area contributed by atoms with Crippen LogP contribution in [0.2, 0.25) is 0 Å². The molecule has 108 valence electrons. The Labute approximate surface area is 132 Å². The minimum Gasteiger partial charge on any atom is -0.490 e. The van der Waals surface area contributed by atoms with E-state index in [9.17, 15) is 4.79 Å². The molecular formula is C17H15BrO3. The fourth-order valence-corrected chi connectivity index (χ4v) is 2.56. The van der Waals surface area contributed by atoms with Crippen LogP contribution in [0.25, 0.3) is 0 Å². The van der Waals surface area contributed by atoms with Crippen molar-refractivity contribution in [1.82, 2.24) is 0 Å². The lowest BCUT2D eigenvalue weighted by Crippen LogP contribution is -2.07. The number of epoxide rings is 1. The summed E-state index contributed by atoms with van der Waals surface area (Å²) in [5.74, 6) is 0.651. The summed E-state index contributed by atoms with van der Waals surface area (Å²) in [5.41, 5.74) is 2.41. The fourth-order valence-electron chi connectivity index (χ4n) is 2.01. The Bertz CT molecular complexity index is 660. The Hall–Kier alpha value is -1.65. The number of hydrogen-bond donors (Lipinski definition) is 0.